The van der Waals surface area contributed by atoms with Gasteiger partial charge < -0.3 is 9.72 Å². The van der Waals surface area contributed by atoms with Gasteiger partial charge in [-0.2, -0.15) is 0 Å². The number of hydrogen-bond donors (Lipinski definition) is 2. The van der Waals surface area contributed by atoms with Gasteiger partial charge in [-0.1, -0.05) is 18.2 Å². The Balaban J connectivity index is 1.53. The third-order valence-electron chi connectivity index (χ3n) is 4.06. The van der Waals surface area contributed by atoms with Crippen LogP contribution in [0.25, 0.3) is 5.65 Å². The van der Waals surface area contributed by atoms with E-state index in [4.69, 9.17) is 5.14 Å². The topological polar surface area (TPSA) is 107 Å². The van der Waals surface area contributed by atoms with E-state index in [1.807, 2.05) is 35.9 Å². The van der Waals surface area contributed by atoms with E-state index >= 15 is 0 Å². The fraction of sp³-hybridized carbons (Fsp3) is 0.222. The van der Waals surface area contributed by atoms with Gasteiger partial charge in [0.05, 0.1) is 17.0 Å². The molecular formula is C18H20N4O3S. The molecule has 2 heterocycles. The van der Waals surface area contributed by atoms with Crippen LogP contribution in [-0.2, 0) is 27.7 Å². The molecule has 0 spiro atoms. The predicted molar refractivity (Wildman–Crippen MR) is 98.2 cm³/mol. The van der Waals surface area contributed by atoms with E-state index in [1.54, 1.807) is 12.1 Å². The van der Waals surface area contributed by atoms with Gasteiger partial charge in [-0.3, -0.25) is 4.79 Å². The highest BCUT2D eigenvalue weighted by Crippen LogP contribution is 2.11. The first-order valence-electron chi connectivity index (χ1n) is 8.14. The Morgan fingerprint density at radius 3 is 2.62 bits per heavy atom. The van der Waals surface area contributed by atoms with E-state index < -0.39 is 10.0 Å². The van der Waals surface area contributed by atoms with Crippen molar-refractivity contribution in [1.29, 1.82) is 0 Å². The average molecular weight is 372 g/mol. The van der Waals surface area contributed by atoms with Crippen LogP contribution >= 0.6 is 0 Å². The average Bonchev–Trinajstić information content (AvgIpc) is 2.98. The molecule has 0 radical (unpaired) electrons. The van der Waals surface area contributed by atoms with E-state index in [0.717, 1.165) is 16.8 Å². The van der Waals surface area contributed by atoms with Gasteiger partial charge in [-0.25, -0.2) is 18.5 Å². The van der Waals surface area contributed by atoms with Crippen LogP contribution in [0.4, 0.5) is 0 Å². The normalized spacial score (nSPS) is 11.6. The largest absolute Gasteiger partial charge is 0.355 e. The second-order valence-corrected chi connectivity index (χ2v) is 7.68. The van der Waals surface area contributed by atoms with Crippen molar-refractivity contribution in [2.45, 2.75) is 24.7 Å². The van der Waals surface area contributed by atoms with Crippen molar-refractivity contribution in [3.05, 3.63) is 65.6 Å². The summed E-state index contributed by atoms with van der Waals surface area (Å²) in [5.41, 5.74) is 3.54. The lowest BCUT2D eigenvalue weighted by Crippen LogP contribution is -2.27. The van der Waals surface area contributed by atoms with Crippen molar-refractivity contribution < 1.29 is 13.2 Å². The molecule has 3 aromatic rings. The van der Waals surface area contributed by atoms with Gasteiger partial charge in [0.25, 0.3) is 0 Å². The van der Waals surface area contributed by atoms with Crippen LogP contribution in [0.3, 0.4) is 0 Å². The van der Waals surface area contributed by atoms with Gasteiger partial charge in [-0.15, -0.1) is 0 Å². The van der Waals surface area contributed by atoms with E-state index in [2.05, 4.69) is 10.3 Å². The lowest BCUT2D eigenvalue weighted by atomic mass is 10.1. The minimum absolute atomic E-state index is 0.0763. The molecule has 26 heavy (non-hydrogen) atoms. The number of imidazole rings is 1. The van der Waals surface area contributed by atoms with Crippen LogP contribution in [0.5, 0.6) is 0 Å². The van der Waals surface area contributed by atoms with Crippen LogP contribution in [-0.4, -0.2) is 30.3 Å². The lowest BCUT2D eigenvalue weighted by molar-refractivity contribution is -0.120. The van der Waals surface area contributed by atoms with Gasteiger partial charge in [0.1, 0.15) is 5.65 Å². The Morgan fingerprint density at radius 1 is 1.23 bits per heavy atom. The molecule has 0 bridgehead atoms. The highest BCUT2D eigenvalue weighted by molar-refractivity contribution is 7.89. The van der Waals surface area contributed by atoms with E-state index in [0.29, 0.717) is 18.7 Å². The first-order valence-corrected chi connectivity index (χ1v) is 9.69. The summed E-state index contributed by atoms with van der Waals surface area (Å²) in [4.78, 5) is 16.7. The quantitative estimate of drug-likeness (QED) is 0.678. The first kappa shape index (κ1) is 18.1. The summed E-state index contributed by atoms with van der Waals surface area (Å²) in [6.07, 6.45) is 4.57. The Kier molecular flexibility index (Phi) is 5.06. The number of carbonyl (C=O) groups excluding carboxylic acids is 1. The number of primary sulfonamides is 1. The summed E-state index contributed by atoms with van der Waals surface area (Å²) in [6, 6.07) is 10.2. The Bertz CT molecular complexity index is 1040. The number of amides is 1. The summed E-state index contributed by atoms with van der Waals surface area (Å²) >= 11 is 0. The summed E-state index contributed by atoms with van der Waals surface area (Å²) < 4.78 is 24.3. The minimum Gasteiger partial charge on any atom is -0.355 e. The molecule has 0 fully saturated rings. The lowest BCUT2D eigenvalue weighted by Gasteiger charge is -2.05. The molecule has 3 N–H and O–H groups in total. The molecule has 2 aromatic heterocycles. The maximum Gasteiger partial charge on any atom is 0.238 e. The molecule has 8 heteroatoms. The van der Waals surface area contributed by atoms with Gasteiger partial charge in [0, 0.05) is 18.9 Å². The fourth-order valence-electron chi connectivity index (χ4n) is 2.71. The molecule has 3 rings (SSSR count). The van der Waals surface area contributed by atoms with Crippen LogP contribution < -0.4 is 10.5 Å². The summed E-state index contributed by atoms with van der Waals surface area (Å²) in [7, 11) is -3.68. The number of nitrogens with one attached hydrogen (secondary N) is 1. The molecular weight excluding hydrogens is 352 g/mol. The molecule has 0 unspecified atom stereocenters. The highest BCUT2D eigenvalue weighted by atomic mass is 32.2. The number of nitrogens with two attached hydrogens (primary N) is 1. The monoisotopic (exact) mass is 372 g/mol. The van der Waals surface area contributed by atoms with Crippen molar-refractivity contribution in [3.63, 3.8) is 0 Å². The number of fused-ring (bicyclic) bond motifs is 1. The summed E-state index contributed by atoms with van der Waals surface area (Å²) in [5, 5.41) is 7.92. The molecule has 0 saturated heterocycles. The molecule has 0 saturated carbocycles. The standard InChI is InChI=1S/C18H20N4O3S/c1-13-3-2-10-22-12-15(21-18(13)22)11-17(23)20-9-8-14-4-6-16(7-5-14)26(19,24)25/h2-7,10,12H,8-9,11H2,1H3,(H,20,23)(H2,19,24,25). The van der Waals surface area contributed by atoms with Crippen LogP contribution in [0.2, 0.25) is 0 Å². The molecule has 0 atom stereocenters. The maximum absolute atomic E-state index is 12.1. The zero-order chi connectivity index (χ0) is 18.7. The Hall–Kier alpha value is -2.71. The number of sulfonamides is 1. The van der Waals surface area contributed by atoms with E-state index in [-0.39, 0.29) is 17.2 Å². The van der Waals surface area contributed by atoms with Gasteiger partial charge in [0.15, 0.2) is 0 Å². The Labute approximate surface area is 151 Å². The van der Waals surface area contributed by atoms with Gasteiger partial charge >= 0.3 is 0 Å². The Morgan fingerprint density at radius 2 is 1.96 bits per heavy atom. The van der Waals surface area contributed by atoms with Crippen molar-refractivity contribution >= 4 is 21.6 Å². The number of rotatable bonds is 6. The molecule has 1 aromatic carbocycles. The molecule has 7 nitrogen and oxygen atoms in total. The molecule has 136 valence electrons. The first-order chi connectivity index (χ1) is 12.3. The molecule has 1 amide bonds. The van der Waals surface area contributed by atoms with Crippen LogP contribution in [0.1, 0.15) is 16.8 Å². The van der Waals surface area contributed by atoms with Gasteiger partial charge in [-0.05, 0) is 42.7 Å². The van der Waals surface area contributed by atoms with Gasteiger partial charge in [0.2, 0.25) is 15.9 Å². The number of hydrogen-bond acceptors (Lipinski definition) is 4. The second-order valence-electron chi connectivity index (χ2n) is 6.12. The number of aryl methyl sites for hydroxylation is 1. The molecule has 0 aliphatic heterocycles. The second kappa shape index (κ2) is 7.27. The third-order valence-corrected chi connectivity index (χ3v) is 4.99. The number of nitrogens with zero attached hydrogens (tertiary/aromatic N) is 2. The number of benzene rings is 1. The van der Waals surface area contributed by atoms with E-state index in [9.17, 15) is 13.2 Å². The summed E-state index contributed by atoms with van der Waals surface area (Å²) in [5.74, 6) is -0.104. The van der Waals surface area contributed by atoms with Crippen LogP contribution in [0.15, 0.2) is 53.7 Å². The summed E-state index contributed by atoms with van der Waals surface area (Å²) in [6.45, 7) is 2.44. The predicted octanol–water partition coefficient (Wildman–Crippen LogP) is 1.19. The minimum atomic E-state index is -3.68. The zero-order valence-electron chi connectivity index (χ0n) is 14.3. The van der Waals surface area contributed by atoms with Crippen molar-refractivity contribution in [3.8, 4) is 0 Å². The van der Waals surface area contributed by atoms with Crippen molar-refractivity contribution in [1.82, 2.24) is 14.7 Å². The number of pyridine rings is 1. The highest BCUT2D eigenvalue weighted by Gasteiger charge is 2.09. The van der Waals surface area contributed by atoms with Crippen LogP contribution in [0, 0.1) is 6.92 Å². The smallest absolute Gasteiger partial charge is 0.238 e. The van der Waals surface area contributed by atoms with Crippen molar-refractivity contribution in [2.24, 2.45) is 5.14 Å². The number of carbonyl (C=O) groups is 1. The third kappa shape index (κ3) is 4.27. The van der Waals surface area contributed by atoms with Crippen molar-refractivity contribution in [2.75, 3.05) is 6.54 Å². The zero-order valence-corrected chi connectivity index (χ0v) is 15.2. The molecule has 0 aliphatic rings. The maximum atomic E-state index is 12.1. The molecule has 0 aliphatic carbocycles. The SMILES string of the molecule is Cc1cccn2cc(CC(=O)NCCc3ccc(S(N)(=O)=O)cc3)nc12. The number of aromatic nitrogens is 2. The van der Waals surface area contributed by atoms with E-state index in [1.165, 1.54) is 12.1 Å². The fourth-order valence-corrected chi connectivity index (χ4v) is 3.22.